The predicted octanol–water partition coefficient (Wildman–Crippen LogP) is -0.846. The summed E-state index contributed by atoms with van der Waals surface area (Å²) in [4.78, 5) is 3.88. The van der Waals surface area contributed by atoms with Crippen molar-refractivity contribution in [1.29, 1.82) is 10.5 Å². The molecule has 1 unspecified atom stereocenters. The second-order valence-corrected chi connectivity index (χ2v) is 8.97. The van der Waals surface area contributed by atoms with Crippen LogP contribution in [0.3, 0.4) is 0 Å². The second kappa shape index (κ2) is 7.08. The number of rotatable bonds is 7. The van der Waals surface area contributed by atoms with Gasteiger partial charge < -0.3 is 35.3 Å². The Morgan fingerprint density at radius 2 is 2.00 bits per heavy atom. The van der Waals surface area contributed by atoms with Crippen LogP contribution in [-0.2, 0) is 19.8 Å². The van der Waals surface area contributed by atoms with Crippen LogP contribution in [-0.4, -0.2) is 67.9 Å². The quantitative estimate of drug-likeness (QED) is 0.390. The van der Waals surface area contributed by atoms with Crippen molar-refractivity contribution in [3.63, 3.8) is 0 Å². The summed E-state index contributed by atoms with van der Waals surface area (Å²) < 4.78 is 17.7. The smallest absolute Gasteiger partial charge is 0.269 e. The van der Waals surface area contributed by atoms with Crippen LogP contribution in [0.15, 0.2) is 18.5 Å². The maximum atomic E-state index is 10.7. The molecular formula is C20H22N6O6. The molecule has 0 radical (unpaired) electrons. The van der Waals surface area contributed by atoms with E-state index in [9.17, 15) is 20.6 Å². The minimum atomic E-state index is -1.94. The van der Waals surface area contributed by atoms with Crippen LogP contribution in [0.4, 0.5) is 5.82 Å². The number of aromatic nitrogens is 3. The molecule has 3 saturated carbocycles. The fourth-order valence-electron chi connectivity index (χ4n) is 5.29. The third-order valence-electron chi connectivity index (χ3n) is 6.80. The van der Waals surface area contributed by atoms with Gasteiger partial charge in [-0.05, 0) is 36.8 Å². The van der Waals surface area contributed by atoms with Crippen molar-refractivity contribution in [3.8, 4) is 12.1 Å². The van der Waals surface area contributed by atoms with Gasteiger partial charge in [-0.15, -0.1) is 0 Å². The molecule has 2 bridgehead atoms. The summed E-state index contributed by atoms with van der Waals surface area (Å²) in [6, 6.07) is 7.33. The number of aliphatic hydroxyl groups excluding tert-OH is 3. The van der Waals surface area contributed by atoms with Crippen LogP contribution in [0.5, 0.6) is 0 Å². The van der Waals surface area contributed by atoms with E-state index in [4.69, 9.17) is 25.2 Å². The highest BCUT2D eigenvalue weighted by Gasteiger charge is 2.68. The van der Waals surface area contributed by atoms with Crippen molar-refractivity contribution in [2.75, 3.05) is 18.9 Å². The van der Waals surface area contributed by atoms with E-state index in [-0.39, 0.29) is 35.6 Å². The third kappa shape index (κ3) is 2.89. The van der Waals surface area contributed by atoms with E-state index >= 15 is 0 Å². The van der Waals surface area contributed by atoms with Crippen LogP contribution in [0.2, 0.25) is 0 Å². The first kappa shape index (κ1) is 21.0. The van der Waals surface area contributed by atoms with Gasteiger partial charge in [0.2, 0.25) is 5.60 Å². The number of nitrogen functional groups attached to an aromatic ring is 1. The van der Waals surface area contributed by atoms with Crippen molar-refractivity contribution < 1.29 is 29.5 Å². The lowest BCUT2D eigenvalue weighted by atomic mass is 9.36. The first-order valence-corrected chi connectivity index (χ1v) is 10.1. The lowest BCUT2D eigenvalue weighted by molar-refractivity contribution is -0.309. The predicted molar refractivity (Wildman–Crippen MR) is 104 cm³/mol. The van der Waals surface area contributed by atoms with Crippen LogP contribution in [0.25, 0.3) is 5.52 Å². The number of ether oxygens (including phenoxy) is 3. The Hall–Kier alpha value is -2.84. The largest absolute Gasteiger partial charge is 0.387 e. The number of nitrogens with two attached hydrogens (primary N) is 1. The summed E-state index contributed by atoms with van der Waals surface area (Å²) in [6.07, 6.45) is -0.745. The second-order valence-electron chi connectivity index (χ2n) is 8.97. The number of nitriles is 2. The molecule has 2 aromatic rings. The van der Waals surface area contributed by atoms with Crippen LogP contribution < -0.4 is 5.73 Å². The van der Waals surface area contributed by atoms with Gasteiger partial charge in [0, 0.05) is 0 Å². The maximum absolute atomic E-state index is 10.7. The molecule has 32 heavy (non-hydrogen) atoms. The molecule has 4 aliphatic rings. The van der Waals surface area contributed by atoms with E-state index in [2.05, 4.69) is 16.2 Å². The maximum Gasteiger partial charge on any atom is 0.269 e. The fourth-order valence-corrected chi connectivity index (χ4v) is 5.29. The van der Waals surface area contributed by atoms with Crippen molar-refractivity contribution in [3.05, 3.63) is 24.2 Å². The Kier molecular flexibility index (Phi) is 4.65. The molecule has 5 N–H and O–H groups in total. The zero-order valence-electron chi connectivity index (χ0n) is 17.0. The normalized spacial score (nSPS) is 38.5. The minimum Gasteiger partial charge on any atom is -0.387 e. The summed E-state index contributed by atoms with van der Waals surface area (Å²) in [5, 5.41) is 54.2. The molecule has 3 aliphatic carbocycles. The topological polar surface area (TPSA) is 192 Å². The molecule has 0 aromatic carbocycles. The Balaban J connectivity index is 1.24. The molecular weight excluding hydrogens is 420 g/mol. The van der Waals surface area contributed by atoms with Crippen LogP contribution in [0, 0.1) is 33.5 Å². The lowest BCUT2D eigenvalue weighted by Gasteiger charge is -2.67. The van der Waals surface area contributed by atoms with Gasteiger partial charge in [0.25, 0.3) is 6.48 Å². The highest BCUT2D eigenvalue weighted by Crippen LogP contribution is 2.73. The Morgan fingerprint density at radius 1 is 1.25 bits per heavy atom. The van der Waals surface area contributed by atoms with E-state index < -0.39 is 30.4 Å². The minimum absolute atomic E-state index is 0.0740. The van der Waals surface area contributed by atoms with Gasteiger partial charge in [0.05, 0.1) is 30.4 Å². The number of aliphatic hydroxyl groups is 3. The molecule has 0 amide bonds. The van der Waals surface area contributed by atoms with Gasteiger partial charge in [-0.3, -0.25) is 0 Å². The lowest BCUT2D eigenvalue weighted by Crippen LogP contribution is -2.63. The van der Waals surface area contributed by atoms with Gasteiger partial charge in [-0.2, -0.15) is 15.6 Å². The summed E-state index contributed by atoms with van der Waals surface area (Å²) in [5.74, 6) is 0.178. The molecule has 168 valence electrons. The molecule has 1 aliphatic heterocycles. The number of hydrogen-bond acceptors (Lipinski definition) is 11. The van der Waals surface area contributed by atoms with Gasteiger partial charge >= 0.3 is 0 Å². The SMILES string of the molecule is N#CC12CC(COC(O)OC[C@H]3O[C@@](C#N)(c4ccc5c(N)ncnn45)[C@H](O)[C@@H]3O)(C1)C2. The van der Waals surface area contributed by atoms with Gasteiger partial charge in [-0.25, -0.2) is 9.50 Å². The van der Waals surface area contributed by atoms with E-state index in [1.54, 1.807) is 6.07 Å². The summed E-state index contributed by atoms with van der Waals surface area (Å²) in [5.41, 5.74) is 4.18. The number of nitrogens with zero attached hydrogens (tertiary/aromatic N) is 5. The number of fused-ring (bicyclic) bond motifs is 1. The third-order valence-corrected chi connectivity index (χ3v) is 6.80. The number of hydrogen-bond donors (Lipinski definition) is 4. The van der Waals surface area contributed by atoms with Crippen LogP contribution >= 0.6 is 0 Å². The molecule has 4 fully saturated rings. The molecule has 2 aromatic heterocycles. The molecule has 0 spiro atoms. The molecule has 12 nitrogen and oxygen atoms in total. The van der Waals surface area contributed by atoms with Crippen LogP contribution in [0.1, 0.15) is 25.0 Å². The van der Waals surface area contributed by atoms with Crippen molar-refractivity contribution in [2.24, 2.45) is 10.8 Å². The zero-order chi connectivity index (χ0) is 22.7. The molecule has 3 heterocycles. The van der Waals surface area contributed by atoms with Gasteiger partial charge in [0.1, 0.15) is 36.2 Å². The van der Waals surface area contributed by atoms with E-state index in [0.717, 1.165) is 19.3 Å². The first-order valence-electron chi connectivity index (χ1n) is 10.1. The highest BCUT2D eigenvalue weighted by molar-refractivity contribution is 5.66. The van der Waals surface area contributed by atoms with Crippen molar-refractivity contribution in [1.82, 2.24) is 14.6 Å². The summed E-state index contributed by atoms with van der Waals surface area (Å²) in [6.45, 7) is -1.65. The fraction of sp³-hybridized carbons (Fsp3) is 0.600. The summed E-state index contributed by atoms with van der Waals surface area (Å²) in [7, 11) is 0. The first-order chi connectivity index (χ1) is 15.3. The van der Waals surface area contributed by atoms with Crippen molar-refractivity contribution in [2.45, 2.75) is 49.7 Å². The molecule has 6 rings (SSSR count). The van der Waals surface area contributed by atoms with Gasteiger partial charge in [-0.1, -0.05) is 0 Å². The van der Waals surface area contributed by atoms with E-state index in [1.807, 2.05) is 6.07 Å². The average Bonchev–Trinajstić information content (AvgIpc) is 3.27. The monoisotopic (exact) mass is 442 g/mol. The van der Waals surface area contributed by atoms with E-state index in [0.29, 0.717) is 5.52 Å². The zero-order valence-corrected chi connectivity index (χ0v) is 17.0. The van der Waals surface area contributed by atoms with E-state index in [1.165, 1.54) is 16.9 Å². The Bertz CT molecular complexity index is 1120. The Morgan fingerprint density at radius 3 is 2.69 bits per heavy atom. The molecule has 12 heteroatoms. The standard InChI is InChI=1S/C20H22N6O6/c21-7-18-4-19(5-18,6-18)9-31-17(29)30-3-12-14(27)15(28)20(8-22,32-12)13-2-1-11-16(23)24-10-25-26(11)13/h1-2,10,12,14-15,17,27-29H,3-6,9H2,(H2,23,24,25)/t12-,14-,15-,17?,18?,19?,20+/m1/s1. The van der Waals surface area contributed by atoms with Crippen molar-refractivity contribution >= 4 is 11.3 Å². The van der Waals surface area contributed by atoms with Gasteiger partial charge in [0.15, 0.2) is 5.82 Å². The highest BCUT2D eigenvalue weighted by atomic mass is 16.8. The molecule has 5 atom stereocenters. The average molecular weight is 442 g/mol. The molecule has 1 saturated heterocycles. The summed E-state index contributed by atoms with van der Waals surface area (Å²) >= 11 is 0. The number of anilines is 1. The Labute approximate surface area is 182 Å².